The number of nitriles is 1. The molecule has 1 fully saturated rings. The molecule has 1 atom stereocenters. The van der Waals surface area contributed by atoms with E-state index in [-0.39, 0.29) is 0 Å². The maximum atomic E-state index is 9.56. The van der Waals surface area contributed by atoms with Crippen LogP contribution in [0.2, 0.25) is 0 Å². The first-order chi connectivity index (χ1) is 12.3. The molecule has 3 nitrogen and oxygen atoms in total. The fourth-order valence-corrected chi connectivity index (χ4v) is 3.58. The molecule has 122 valence electrons. The number of hydrogen-bond donors (Lipinski definition) is 0. The first kappa shape index (κ1) is 15.4. The van der Waals surface area contributed by atoms with E-state index >= 15 is 0 Å². The number of rotatable bonds is 3. The minimum absolute atomic E-state index is 0.499. The first-order valence-corrected chi connectivity index (χ1v) is 8.37. The molecule has 4 rings (SSSR count). The Labute approximate surface area is 147 Å². The highest BCUT2D eigenvalue weighted by atomic mass is 16.7. The molecule has 1 saturated heterocycles. The molecule has 0 aromatic heterocycles. The summed E-state index contributed by atoms with van der Waals surface area (Å²) in [7, 11) is 0. The Morgan fingerprint density at radius 2 is 1.28 bits per heavy atom. The minimum atomic E-state index is -0.537. The van der Waals surface area contributed by atoms with Crippen molar-refractivity contribution in [2.45, 2.75) is 18.1 Å². The summed E-state index contributed by atoms with van der Waals surface area (Å²) in [4.78, 5) is 6.09. The van der Waals surface area contributed by atoms with E-state index in [0.717, 1.165) is 16.8 Å². The Kier molecular flexibility index (Phi) is 3.97. The highest BCUT2D eigenvalue weighted by Crippen LogP contribution is 2.47. The third kappa shape index (κ3) is 2.57. The number of hydrogen-bond acceptors (Lipinski definition) is 3. The van der Waals surface area contributed by atoms with Gasteiger partial charge in [0.05, 0.1) is 11.8 Å². The number of hydroxylamine groups is 1. The molecule has 3 aromatic rings. The molecular weight excluding hydrogens is 308 g/mol. The second-order valence-corrected chi connectivity index (χ2v) is 6.15. The molecule has 0 saturated carbocycles. The predicted molar refractivity (Wildman–Crippen MR) is 97.7 cm³/mol. The fraction of sp³-hybridized carbons (Fsp3) is 0.136. The minimum Gasteiger partial charge on any atom is -0.254 e. The Morgan fingerprint density at radius 1 is 0.800 bits per heavy atom. The van der Waals surface area contributed by atoms with Crippen molar-refractivity contribution in [1.29, 1.82) is 5.26 Å². The second kappa shape index (κ2) is 6.43. The van der Waals surface area contributed by atoms with Gasteiger partial charge in [0.25, 0.3) is 0 Å². The van der Waals surface area contributed by atoms with Gasteiger partial charge in [-0.2, -0.15) is 5.26 Å². The van der Waals surface area contributed by atoms with Crippen molar-refractivity contribution in [1.82, 2.24) is 0 Å². The first-order valence-electron chi connectivity index (χ1n) is 8.37. The molecule has 0 radical (unpaired) electrons. The number of benzene rings is 3. The van der Waals surface area contributed by atoms with Crippen molar-refractivity contribution < 1.29 is 4.84 Å². The van der Waals surface area contributed by atoms with Crippen LogP contribution in [0.3, 0.4) is 0 Å². The summed E-state index contributed by atoms with van der Waals surface area (Å²) in [5.41, 5.74) is 2.63. The van der Waals surface area contributed by atoms with Crippen LogP contribution in [0.4, 0.5) is 5.69 Å². The summed E-state index contributed by atoms with van der Waals surface area (Å²) in [6.45, 7) is 0. The molecular formula is C22H18N2O. The lowest BCUT2D eigenvalue weighted by Crippen LogP contribution is -2.41. The van der Waals surface area contributed by atoms with Crippen molar-refractivity contribution in [3.63, 3.8) is 0 Å². The van der Waals surface area contributed by atoms with Crippen LogP contribution < -0.4 is 5.06 Å². The molecule has 25 heavy (non-hydrogen) atoms. The Balaban J connectivity index is 1.96. The third-order valence-corrected chi connectivity index (χ3v) is 4.70. The van der Waals surface area contributed by atoms with E-state index in [2.05, 4.69) is 30.3 Å². The van der Waals surface area contributed by atoms with Gasteiger partial charge in [-0.25, -0.2) is 5.06 Å². The number of para-hydroxylation sites is 1. The monoisotopic (exact) mass is 326 g/mol. The maximum Gasteiger partial charge on any atom is 0.174 e. The standard InChI is InChI=1S/C22H18N2O/c23-17-21-16-22(18-10-4-1-5-11-18,19-12-6-2-7-13-19)24(25-21)20-14-8-3-9-15-20/h1-15,21H,16H2. The molecule has 3 aromatic carbocycles. The molecule has 0 amide bonds. The molecule has 3 heteroatoms. The van der Waals surface area contributed by atoms with Gasteiger partial charge in [-0.15, -0.1) is 0 Å². The molecule has 0 bridgehead atoms. The summed E-state index contributed by atoms with van der Waals surface area (Å²) in [5.74, 6) is 0. The SMILES string of the molecule is N#CC1CC(c2ccccc2)(c2ccccc2)N(c2ccccc2)O1. The molecule has 1 aliphatic rings. The quantitative estimate of drug-likeness (QED) is 0.702. The fourth-order valence-electron chi connectivity index (χ4n) is 3.58. The molecule has 1 aliphatic heterocycles. The van der Waals surface area contributed by atoms with Crippen LogP contribution in [0, 0.1) is 11.3 Å². The lowest BCUT2D eigenvalue weighted by atomic mass is 9.79. The number of anilines is 1. The van der Waals surface area contributed by atoms with Crippen LogP contribution in [0.5, 0.6) is 0 Å². The van der Waals surface area contributed by atoms with E-state index in [9.17, 15) is 5.26 Å². The van der Waals surface area contributed by atoms with Crippen LogP contribution >= 0.6 is 0 Å². The smallest absolute Gasteiger partial charge is 0.174 e. The van der Waals surface area contributed by atoms with Gasteiger partial charge in [-0.1, -0.05) is 78.9 Å². The highest BCUT2D eigenvalue weighted by molar-refractivity contribution is 5.56. The average Bonchev–Trinajstić information content (AvgIpc) is 3.11. The summed E-state index contributed by atoms with van der Waals surface area (Å²) in [6.07, 6.45) is 0.0764. The van der Waals surface area contributed by atoms with Gasteiger partial charge in [-0.05, 0) is 23.3 Å². The van der Waals surface area contributed by atoms with Crippen LogP contribution in [-0.4, -0.2) is 6.10 Å². The zero-order valence-electron chi connectivity index (χ0n) is 13.7. The molecule has 0 N–H and O–H groups in total. The maximum absolute atomic E-state index is 9.56. The van der Waals surface area contributed by atoms with Gasteiger partial charge < -0.3 is 0 Å². The van der Waals surface area contributed by atoms with E-state index < -0.39 is 11.6 Å². The summed E-state index contributed by atoms with van der Waals surface area (Å²) >= 11 is 0. The van der Waals surface area contributed by atoms with Gasteiger partial charge in [-0.3, -0.25) is 4.84 Å². The van der Waals surface area contributed by atoms with Gasteiger partial charge in [0, 0.05) is 6.42 Å². The topological polar surface area (TPSA) is 36.3 Å². The molecule has 1 heterocycles. The molecule has 0 aliphatic carbocycles. The lowest BCUT2D eigenvalue weighted by molar-refractivity contribution is 0.110. The largest absolute Gasteiger partial charge is 0.254 e. The number of nitrogens with zero attached hydrogens (tertiary/aromatic N) is 2. The zero-order valence-corrected chi connectivity index (χ0v) is 13.7. The van der Waals surface area contributed by atoms with Crippen molar-refractivity contribution in [2.75, 3.05) is 5.06 Å². The van der Waals surface area contributed by atoms with Gasteiger partial charge >= 0.3 is 0 Å². The van der Waals surface area contributed by atoms with Gasteiger partial charge in [0.1, 0.15) is 5.54 Å². The van der Waals surface area contributed by atoms with E-state index in [1.807, 2.05) is 71.8 Å². The Morgan fingerprint density at radius 3 is 1.76 bits per heavy atom. The van der Waals surface area contributed by atoms with Crippen LogP contribution in [0.1, 0.15) is 17.5 Å². The van der Waals surface area contributed by atoms with E-state index in [1.54, 1.807) is 0 Å². The zero-order chi connectivity index (χ0) is 17.1. The Bertz CT molecular complexity index is 833. The van der Waals surface area contributed by atoms with E-state index in [0.29, 0.717) is 6.42 Å². The van der Waals surface area contributed by atoms with E-state index in [4.69, 9.17) is 4.84 Å². The molecule has 1 unspecified atom stereocenters. The average molecular weight is 326 g/mol. The second-order valence-electron chi connectivity index (χ2n) is 6.15. The highest BCUT2D eigenvalue weighted by Gasteiger charge is 2.50. The van der Waals surface area contributed by atoms with Gasteiger partial charge in [0.15, 0.2) is 6.10 Å². The van der Waals surface area contributed by atoms with Crippen molar-refractivity contribution in [3.8, 4) is 6.07 Å². The van der Waals surface area contributed by atoms with Crippen molar-refractivity contribution in [2.24, 2.45) is 0 Å². The third-order valence-electron chi connectivity index (χ3n) is 4.70. The summed E-state index contributed by atoms with van der Waals surface area (Å²) in [6, 6.07) is 32.8. The van der Waals surface area contributed by atoms with Crippen molar-refractivity contribution in [3.05, 3.63) is 102 Å². The van der Waals surface area contributed by atoms with E-state index in [1.165, 1.54) is 0 Å². The normalized spacial score (nSPS) is 18.7. The van der Waals surface area contributed by atoms with Crippen molar-refractivity contribution >= 4 is 5.69 Å². The lowest BCUT2D eigenvalue weighted by Gasteiger charge is -2.38. The Hall–Kier alpha value is -3.09. The van der Waals surface area contributed by atoms with Crippen LogP contribution in [-0.2, 0) is 10.4 Å². The van der Waals surface area contributed by atoms with Crippen LogP contribution in [0.15, 0.2) is 91.0 Å². The van der Waals surface area contributed by atoms with Crippen LogP contribution in [0.25, 0.3) is 0 Å². The summed E-state index contributed by atoms with van der Waals surface area (Å²) < 4.78 is 0. The summed E-state index contributed by atoms with van der Waals surface area (Å²) in [5, 5.41) is 11.5. The predicted octanol–water partition coefficient (Wildman–Crippen LogP) is 4.66. The van der Waals surface area contributed by atoms with Gasteiger partial charge in [0.2, 0.25) is 0 Å². The molecule has 0 spiro atoms.